The molecular formula is C16H28F12N4P2. The molecule has 2 rings (SSSR count). The summed E-state index contributed by atoms with van der Waals surface area (Å²) in [5.74, 6) is 2.59. The number of hydrogen-bond donors (Lipinski definition) is 0. The van der Waals surface area contributed by atoms with Crippen molar-refractivity contribution in [3.63, 3.8) is 0 Å². The van der Waals surface area contributed by atoms with Gasteiger partial charge >= 0.3 is 77.6 Å². The zero-order valence-corrected chi connectivity index (χ0v) is 20.6. The van der Waals surface area contributed by atoms with Crippen LogP contribution >= 0.6 is 15.6 Å². The van der Waals surface area contributed by atoms with Crippen molar-refractivity contribution in [3.05, 3.63) is 24.8 Å². The minimum absolute atomic E-state index is 1.09. The number of rotatable bonds is 7. The van der Waals surface area contributed by atoms with E-state index in [2.05, 4.69) is 71.0 Å². The van der Waals surface area contributed by atoms with E-state index in [1.54, 1.807) is 0 Å². The fourth-order valence-corrected chi connectivity index (χ4v) is 2.64. The third kappa shape index (κ3) is 19.9. The molecule has 0 fully saturated rings. The molecule has 2 aromatic heterocycles. The predicted octanol–water partition coefficient (Wildman–Crippen LogP) is 8.97. The second-order valence-corrected chi connectivity index (χ2v) is 11.3. The van der Waals surface area contributed by atoms with Crippen LogP contribution in [0.1, 0.15) is 39.5 Å². The van der Waals surface area contributed by atoms with Crippen LogP contribution in [0.4, 0.5) is 50.4 Å². The first-order valence-electron chi connectivity index (χ1n) is 9.81. The van der Waals surface area contributed by atoms with Gasteiger partial charge in [-0.15, -0.1) is 0 Å². The molecule has 2 heterocycles. The summed E-state index contributed by atoms with van der Waals surface area (Å²) < 4.78 is 128. The molecule has 0 radical (unpaired) electrons. The van der Waals surface area contributed by atoms with Gasteiger partial charge in [0.05, 0.1) is 27.2 Å². The van der Waals surface area contributed by atoms with E-state index < -0.39 is 15.6 Å². The van der Waals surface area contributed by atoms with E-state index in [1.807, 2.05) is 0 Å². The molecule has 0 aliphatic heterocycles. The molecule has 0 unspecified atom stereocenters. The number of aryl methyl sites for hydroxylation is 4. The van der Waals surface area contributed by atoms with E-state index in [4.69, 9.17) is 0 Å². The van der Waals surface area contributed by atoms with Crippen LogP contribution in [0, 0.1) is 0 Å². The number of nitrogens with zero attached hydrogens (tertiary/aromatic N) is 4. The van der Waals surface area contributed by atoms with Gasteiger partial charge in [0.25, 0.3) is 0 Å². The Morgan fingerprint density at radius 2 is 0.824 bits per heavy atom. The summed E-state index contributed by atoms with van der Waals surface area (Å²) >= 11 is 0. The number of hydrogen-bond acceptors (Lipinski definition) is 0. The van der Waals surface area contributed by atoms with Crippen molar-refractivity contribution in [2.24, 2.45) is 14.1 Å². The average Bonchev–Trinajstić information content (AvgIpc) is 3.07. The summed E-state index contributed by atoms with van der Waals surface area (Å²) in [6, 6.07) is 0. The zero-order valence-electron chi connectivity index (χ0n) is 18.8. The monoisotopic (exact) mass is 566 g/mol. The van der Waals surface area contributed by atoms with Crippen LogP contribution in [0.25, 0.3) is 11.6 Å². The first kappa shape index (κ1) is 32.4. The molecule has 0 aliphatic rings. The fourth-order valence-electron chi connectivity index (χ4n) is 2.64. The van der Waals surface area contributed by atoms with Gasteiger partial charge in [0.1, 0.15) is 24.8 Å². The molecule has 0 aliphatic carbocycles. The predicted molar refractivity (Wildman–Crippen MR) is 107 cm³/mol. The van der Waals surface area contributed by atoms with Crippen LogP contribution in [0.15, 0.2) is 24.8 Å². The van der Waals surface area contributed by atoms with Crippen molar-refractivity contribution in [3.8, 4) is 11.6 Å². The van der Waals surface area contributed by atoms with Crippen molar-refractivity contribution in [1.82, 2.24) is 9.13 Å². The molecular weight excluding hydrogens is 538 g/mol. The fraction of sp³-hybridized carbons (Fsp3) is 0.625. The molecule has 2 aromatic rings. The molecule has 0 bridgehead atoms. The van der Waals surface area contributed by atoms with Gasteiger partial charge in [0, 0.05) is 0 Å². The summed E-state index contributed by atoms with van der Waals surface area (Å²) in [5, 5.41) is 0. The van der Waals surface area contributed by atoms with Crippen LogP contribution in [-0.2, 0) is 27.2 Å². The van der Waals surface area contributed by atoms with Crippen molar-refractivity contribution in [1.29, 1.82) is 0 Å². The minimum atomic E-state index is -10.7. The molecule has 34 heavy (non-hydrogen) atoms. The van der Waals surface area contributed by atoms with Crippen molar-refractivity contribution in [2.45, 2.75) is 52.6 Å². The number of aromatic nitrogens is 4. The summed E-state index contributed by atoms with van der Waals surface area (Å²) in [4.78, 5) is 0. The van der Waals surface area contributed by atoms with Gasteiger partial charge in [-0.25, -0.2) is 18.3 Å². The van der Waals surface area contributed by atoms with E-state index in [0.717, 1.165) is 13.1 Å². The number of imidazole rings is 2. The summed E-state index contributed by atoms with van der Waals surface area (Å²) in [6.45, 7) is 6.66. The quantitative estimate of drug-likeness (QED) is 0.181. The first-order chi connectivity index (χ1) is 14.6. The van der Waals surface area contributed by atoms with Gasteiger partial charge in [-0.1, -0.05) is 26.7 Å². The topological polar surface area (TPSA) is 17.6 Å². The van der Waals surface area contributed by atoms with E-state index in [-0.39, 0.29) is 0 Å². The third-order valence-electron chi connectivity index (χ3n) is 3.86. The van der Waals surface area contributed by atoms with Gasteiger partial charge in [-0.2, -0.15) is 0 Å². The van der Waals surface area contributed by atoms with E-state index >= 15 is 0 Å². The molecule has 0 spiro atoms. The van der Waals surface area contributed by atoms with Gasteiger partial charge < -0.3 is 0 Å². The van der Waals surface area contributed by atoms with E-state index in [0.29, 0.717) is 0 Å². The standard InChI is InChI=1S/C16H28N4.2F6P/c1-5-7-9-19-13-11-17(3)15(19)16-18(4)12-14-20(16)10-8-6-2;2*1-7(2,3,4,5)6/h11-14H,5-10H2,1-4H3;;/q+2;2*-1. The molecule has 0 saturated heterocycles. The average molecular weight is 566 g/mol. The van der Waals surface area contributed by atoms with Crippen LogP contribution in [0.2, 0.25) is 0 Å². The molecule has 4 nitrogen and oxygen atoms in total. The van der Waals surface area contributed by atoms with Crippen LogP contribution in [0.5, 0.6) is 0 Å². The first-order valence-corrected chi connectivity index (χ1v) is 13.9. The Labute approximate surface area is 188 Å². The van der Waals surface area contributed by atoms with Crippen molar-refractivity contribution in [2.75, 3.05) is 0 Å². The summed E-state index contributed by atoms with van der Waals surface area (Å²) in [6.07, 6.45) is 13.6. The van der Waals surface area contributed by atoms with E-state index in [9.17, 15) is 50.4 Å². The number of unbranched alkanes of at least 4 members (excludes halogenated alkanes) is 2. The second kappa shape index (κ2) is 9.15. The Kier molecular flexibility index (Phi) is 8.73. The summed E-state index contributed by atoms with van der Waals surface area (Å²) in [5.41, 5.74) is 0. The normalized spacial score (nSPS) is 16.1. The molecule has 18 heteroatoms. The Morgan fingerprint density at radius 1 is 0.588 bits per heavy atom. The van der Waals surface area contributed by atoms with Gasteiger partial charge in [0.2, 0.25) is 0 Å². The molecule has 0 amide bonds. The van der Waals surface area contributed by atoms with Crippen LogP contribution in [-0.4, -0.2) is 9.13 Å². The number of halogens is 12. The van der Waals surface area contributed by atoms with Crippen LogP contribution < -0.4 is 9.13 Å². The Balaban J connectivity index is 0.000000642. The van der Waals surface area contributed by atoms with Crippen molar-refractivity contribution >= 4 is 15.6 Å². The van der Waals surface area contributed by atoms with Crippen LogP contribution in [0.3, 0.4) is 0 Å². The molecule has 0 aromatic carbocycles. The van der Waals surface area contributed by atoms with Gasteiger partial charge in [-0.05, 0) is 12.8 Å². The SMILES string of the molecule is CCCCn1cc[n+](C)c1-c1n(CCCC)cc[n+]1C.F[P-](F)(F)(F)(F)F.F[P-](F)(F)(F)(F)F. The maximum atomic E-state index is 9.87. The molecule has 206 valence electrons. The Bertz CT molecular complexity index is 842. The Morgan fingerprint density at radius 3 is 1.03 bits per heavy atom. The second-order valence-electron chi connectivity index (χ2n) is 7.48. The van der Waals surface area contributed by atoms with E-state index in [1.165, 1.54) is 37.3 Å². The third-order valence-corrected chi connectivity index (χ3v) is 3.86. The Hall–Kier alpha value is -1.56. The zero-order chi connectivity index (χ0) is 27.4. The van der Waals surface area contributed by atoms with Gasteiger partial charge in [-0.3, -0.25) is 0 Å². The maximum absolute atomic E-state index is 10.7. The molecule has 0 saturated carbocycles. The van der Waals surface area contributed by atoms with Crippen molar-refractivity contribution < 1.29 is 59.5 Å². The molecule has 0 N–H and O–H groups in total. The summed E-state index contributed by atoms with van der Waals surface area (Å²) in [7, 11) is -17.0. The molecule has 0 atom stereocenters. The van der Waals surface area contributed by atoms with Gasteiger partial charge in [0.15, 0.2) is 0 Å².